The number of halogens is 1. The van der Waals surface area contributed by atoms with Crippen molar-refractivity contribution in [1.29, 1.82) is 0 Å². The number of nitrogens with one attached hydrogen (secondary N) is 1. The first-order valence-electron chi connectivity index (χ1n) is 5.64. The first kappa shape index (κ1) is 11.6. The van der Waals surface area contributed by atoms with Crippen LogP contribution < -0.4 is 5.32 Å². The van der Waals surface area contributed by atoms with Gasteiger partial charge in [-0.3, -0.25) is 0 Å². The summed E-state index contributed by atoms with van der Waals surface area (Å²) < 4.78 is 15.0. The molecule has 0 bridgehead atoms. The van der Waals surface area contributed by atoms with Gasteiger partial charge >= 0.3 is 0 Å². The van der Waals surface area contributed by atoms with Gasteiger partial charge in [0.2, 0.25) is 5.95 Å². The van der Waals surface area contributed by atoms with Crippen LogP contribution in [0.3, 0.4) is 0 Å². The highest BCUT2D eigenvalue weighted by Gasteiger charge is 2.03. The van der Waals surface area contributed by atoms with E-state index in [1.165, 1.54) is 11.6 Å². The fourth-order valence-corrected chi connectivity index (χ4v) is 1.90. The summed E-state index contributed by atoms with van der Waals surface area (Å²) in [5.74, 6) is 0.676. The van der Waals surface area contributed by atoms with Crippen LogP contribution in [0.15, 0.2) is 30.6 Å². The Labute approximate surface area is 100 Å². The largest absolute Gasteiger partial charge is 0.359 e. The SMILES string of the molecule is CNc1nccn1CCc1ccc(F)cc1C. The summed E-state index contributed by atoms with van der Waals surface area (Å²) in [6, 6.07) is 4.93. The van der Waals surface area contributed by atoms with Gasteiger partial charge in [0.1, 0.15) is 5.82 Å². The lowest BCUT2D eigenvalue weighted by Crippen LogP contribution is -2.06. The van der Waals surface area contributed by atoms with Crippen LogP contribution in [-0.4, -0.2) is 16.6 Å². The summed E-state index contributed by atoms with van der Waals surface area (Å²) in [5.41, 5.74) is 2.17. The van der Waals surface area contributed by atoms with E-state index < -0.39 is 0 Å². The average Bonchev–Trinajstić information content (AvgIpc) is 2.75. The third kappa shape index (κ3) is 2.64. The van der Waals surface area contributed by atoms with E-state index in [1.54, 1.807) is 12.3 Å². The maximum atomic E-state index is 13.0. The van der Waals surface area contributed by atoms with E-state index in [4.69, 9.17) is 0 Å². The van der Waals surface area contributed by atoms with Crippen molar-refractivity contribution >= 4 is 5.95 Å². The third-order valence-corrected chi connectivity index (χ3v) is 2.87. The van der Waals surface area contributed by atoms with Gasteiger partial charge in [0.15, 0.2) is 0 Å². The number of nitrogens with zero attached hydrogens (tertiary/aromatic N) is 2. The summed E-state index contributed by atoms with van der Waals surface area (Å²) in [5, 5.41) is 3.03. The van der Waals surface area contributed by atoms with Gasteiger partial charge in [-0.05, 0) is 36.6 Å². The standard InChI is InChI=1S/C13H16FN3/c1-10-9-12(14)4-3-11(10)5-7-17-8-6-16-13(17)15-2/h3-4,6,8-9H,5,7H2,1-2H3,(H,15,16). The molecule has 4 heteroatoms. The van der Waals surface area contributed by atoms with Crippen molar-refractivity contribution in [2.24, 2.45) is 0 Å². The van der Waals surface area contributed by atoms with Gasteiger partial charge in [0, 0.05) is 26.0 Å². The summed E-state index contributed by atoms with van der Waals surface area (Å²) in [6.07, 6.45) is 4.57. The zero-order valence-electron chi connectivity index (χ0n) is 10.1. The number of aromatic nitrogens is 2. The Balaban J connectivity index is 2.07. The molecule has 0 spiro atoms. The van der Waals surface area contributed by atoms with E-state index in [0.717, 1.165) is 24.5 Å². The van der Waals surface area contributed by atoms with E-state index in [1.807, 2.05) is 30.8 Å². The summed E-state index contributed by atoms with van der Waals surface area (Å²) in [4.78, 5) is 4.18. The highest BCUT2D eigenvalue weighted by Crippen LogP contribution is 2.13. The van der Waals surface area contributed by atoms with Crippen LogP contribution in [0, 0.1) is 12.7 Å². The van der Waals surface area contributed by atoms with Crippen LogP contribution in [0.2, 0.25) is 0 Å². The van der Waals surface area contributed by atoms with Crippen LogP contribution in [0.1, 0.15) is 11.1 Å². The van der Waals surface area contributed by atoms with E-state index in [-0.39, 0.29) is 5.82 Å². The predicted molar refractivity (Wildman–Crippen MR) is 66.6 cm³/mol. The van der Waals surface area contributed by atoms with Gasteiger partial charge in [0.05, 0.1) is 0 Å². The number of aryl methyl sites for hydroxylation is 3. The molecule has 2 aromatic rings. The molecule has 0 saturated carbocycles. The lowest BCUT2D eigenvalue weighted by Gasteiger charge is -2.09. The molecule has 1 aromatic heterocycles. The molecule has 17 heavy (non-hydrogen) atoms. The van der Waals surface area contributed by atoms with Crippen molar-refractivity contribution in [3.63, 3.8) is 0 Å². The Morgan fingerprint density at radius 3 is 2.94 bits per heavy atom. The zero-order chi connectivity index (χ0) is 12.3. The Morgan fingerprint density at radius 2 is 2.24 bits per heavy atom. The van der Waals surface area contributed by atoms with Gasteiger partial charge in [-0.1, -0.05) is 6.07 Å². The lowest BCUT2D eigenvalue weighted by molar-refractivity contribution is 0.624. The molecule has 0 radical (unpaired) electrons. The number of anilines is 1. The molecule has 2 rings (SSSR count). The molecule has 0 fully saturated rings. The van der Waals surface area contributed by atoms with Crippen LogP contribution in [0.25, 0.3) is 0 Å². The van der Waals surface area contributed by atoms with Crippen molar-refractivity contribution in [2.45, 2.75) is 19.9 Å². The van der Waals surface area contributed by atoms with Crippen molar-refractivity contribution < 1.29 is 4.39 Å². The van der Waals surface area contributed by atoms with Crippen molar-refractivity contribution in [1.82, 2.24) is 9.55 Å². The van der Waals surface area contributed by atoms with Crippen LogP contribution in [0.4, 0.5) is 10.3 Å². The molecule has 0 atom stereocenters. The van der Waals surface area contributed by atoms with Crippen molar-refractivity contribution in [2.75, 3.05) is 12.4 Å². The van der Waals surface area contributed by atoms with Crippen LogP contribution in [-0.2, 0) is 13.0 Å². The summed E-state index contributed by atoms with van der Waals surface area (Å²) in [6.45, 7) is 2.77. The molecule has 0 aliphatic carbocycles. The third-order valence-electron chi connectivity index (χ3n) is 2.87. The molecule has 0 amide bonds. The Bertz CT molecular complexity index is 505. The molecule has 1 heterocycles. The fraction of sp³-hybridized carbons (Fsp3) is 0.308. The Morgan fingerprint density at radius 1 is 1.41 bits per heavy atom. The number of hydrogen-bond acceptors (Lipinski definition) is 2. The van der Waals surface area contributed by atoms with Crippen molar-refractivity contribution in [3.8, 4) is 0 Å². The number of hydrogen-bond donors (Lipinski definition) is 1. The second-order valence-electron chi connectivity index (χ2n) is 4.02. The molecule has 0 unspecified atom stereocenters. The molecule has 0 aliphatic rings. The van der Waals surface area contributed by atoms with Gasteiger partial charge in [-0.25, -0.2) is 9.37 Å². The second-order valence-corrected chi connectivity index (χ2v) is 4.02. The maximum Gasteiger partial charge on any atom is 0.202 e. The molecule has 1 N–H and O–H groups in total. The second kappa shape index (κ2) is 4.99. The van der Waals surface area contributed by atoms with Gasteiger partial charge in [0.25, 0.3) is 0 Å². The van der Waals surface area contributed by atoms with Gasteiger partial charge in [-0.2, -0.15) is 0 Å². The summed E-state index contributed by atoms with van der Waals surface area (Å²) in [7, 11) is 1.85. The Hall–Kier alpha value is -1.84. The lowest BCUT2D eigenvalue weighted by atomic mass is 10.1. The molecule has 0 saturated heterocycles. The highest BCUT2D eigenvalue weighted by atomic mass is 19.1. The molecule has 3 nitrogen and oxygen atoms in total. The van der Waals surface area contributed by atoms with E-state index in [9.17, 15) is 4.39 Å². The van der Waals surface area contributed by atoms with E-state index >= 15 is 0 Å². The topological polar surface area (TPSA) is 29.9 Å². The fourth-order valence-electron chi connectivity index (χ4n) is 1.90. The minimum atomic E-state index is -0.176. The normalized spacial score (nSPS) is 10.5. The van der Waals surface area contributed by atoms with E-state index in [2.05, 4.69) is 10.3 Å². The number of benzene rings is 1. The van der Waals surface area contributed by atoms with Gasteiger partial charge in [-0.15, -0.1) is 0 Å². The van der Waals surface area contributed by atoms with Crippen molar-refractivity contribution in [3.05, 3.63) is 47.5 Å². The Kier molecular flexibility index (Phi) is 3.42. The highest BCUT2D eigenvalue weighted by molar-refractivity contribution is 5.28. The molecule has 90 valence electrons. The first-order valence-corrected chi connectivity index (χ1v) is 5.64. The molecule has 1 aromatic carbocycles. The molecular formula is C13H16FN3. The zero-order valence-corrected chi connectivity index (χ0v) is 10.1. The first-order chi connectivity index (χ1) is 8.20. The minimum Gasteiger partial charge on any atom is -0.359 e. The monoisotopic (exact) mass is 233 g/mol. The quantitative estimate of drug-likeness (QED) is 0.879. The maximum absolute atomic E-state index is 13.0. The predicted octanol–water partition coefficient (Wildman–Crippen LogP) is 2.62. The molecular weight excluding hydrogens is 217 g/mol. The minimum absolute atomic E-state index is 0.176. The molecule has 0 aliphatic heterocycles. The smallest absolute Gasteiger partial charge is 0.202 e. The van der Waals surface area contributed by atoms with Gasteiger partial charge < -0.3 is 9.88 Å². The van der Waals surface area contributed by atoms with Crippen LogP contribution >= 0.6 is 0 Å². The van der Waals surface area contributed by atoms with Crippen LogP contribution in [0.5, 0.6) is 0 Å². The number of rotatable bonds is 4. The summed E-state index contributed by atoms with van der Waals surface area (Å²) >= 11 is 0. The number of imidazole rings is 1. The van der Waals surface area contributed by atoms with E-state index in [0.29, 0.717) is 0 Å². The average molecular weight is 233 g/mol.